The predicted molar refractivity (Wildman–Crippen MR) is 137 cm³/mol. The van der Waals surface area contributed by atoms with Gasteiger partial charge in [-0.05, 0) is 67.5 Å². The van der Waals surface area contributed by atoms with Crippen molar-refractivity contribution in [3.63, 3.8) is 0 Å². The fourth-order valence-corrected chi connectivity index (χ4v) is 3.94. The van der Waals surface area contributed by atoms with Gasteiger partial charge in [-0.1, -0.05) is 81.2 Å². The standard InChI is InChI=1S/C23H29N3O.C5H12/c24-12-4-7-17-5-2-11-22(14-17)27-16-18-6-1-8-19(13-18)20-9-3-10-21(15-20)23(25)26;1-3-5-4-2/h1,3,6-10,13,15,22H,2,4-5,11-12,14,16,24H2,(H3,25,26);3-5H2,1-2H3. The molecule has 0 heterocycles. The molecule has 4 heteroatoms. The van der Waals surface area contributed by atoms with E-state index < -0.39 is 0 Å². The van der Waals surface area contributed by atoms with Gasteiger partial charge in [0.1, 0.15) is 5.84 Å². The first-order valence-corrected chi connectivity index (χ1v) is 12.1. The minimum atomic E-state index is 0.0899. The third-order valence-electron chi connectivity index (χ3n) is 5.74. The van der Waals surface area contributed by atoms with Gasteiger partial charge >= 0.3 is 0 Å². The molecule has 1 fully saturated rings. The lowest BCUT2D eigenvalue weighted by atomic mass is 9.91. The number of hydrogen-bond donors (Lipinski definition) is 3. The number of benzene rings is 2. The van der Waals surface area contributed by atoms with Gasteiger partial charge in [-0.25, -0.2) is 0 Å². The molecule has 1 aliphatic carbocycles. The number of nitrogens with one attached hydrogen (secondary N) is 1. The van der Waals surface area contributed by atoms with Crippen molar-refractivity contribution in [2.75, 3.05) is 6.54 Å². The molecule has 0 aliphatic heterocycles. The molecule has 0 aromatic heterocycles. The minimum absolute atomic E-state index is 0.0899. The highest BCUT2D eigenvalue weighted by Gasteiger charge is 2.17. The van der Waals surface area contributed by atoms with Crippen molar-refractivity contribution in [3.05, 3.63) is 71.3 Å². The molecular weight excluding hydrogens is 394 g/mol. The molecule has 174 valence electrons. The van der Waals surface area contributed by atoms with E-state index in [9.17, 15) is 0 Å². The molecule has 3 rings (SSSR count). The molecule has 4 nitrogen and oxygen atoms in total. The maximum absolute atomic E-state index is 7.62. The average molecular weight is 436 g/mol. The summed E-state index contributed by atoms with van der Waals surface area (Å²) < 4.78 is 6.21. The van der Waals surface area contributed by atoms with Crippen LogP contribution in [0.15, 0.2) is 60.2 Å². The molecule has 0 amide bonds. The summed E-state index contributed by atoms with van der Waals surface area (Å²) in [6.07, 6.45) is 12.2. The third kappa shape index (κ3) is 8.97. The fourth-order valence-electron chi connectivity index (χ4n) is 3.94. The van der Waals surface area contributed by atoms with Crippen LogP contribution in [-0.2, 0) is 11.3 Å². The Hall–Kier alpha value is -2.43. The van der Waals surface area contributed by atoms with Crippen LogP contribution in [0.4, 0.5) is 0 Å². The molecule has 1 saturated carbocycles. The van der Waals surface area contributed by atoms with Crippen LogP contribution in [0, 0.1) is 5.41 Å². The van der Waals surface area contributed by atoms with E-state index in [1.165, 1.54) is 43.2 Å². The van der Waals surface area contributed by atoms with Crippen molar-refractivity contribution in [1.82, 2.24) is 0 Å². The van der Waals surface area contributed by atoms with Crippen LogP contribution in [0.5, 0.6) is 0 Å². The van der Waals surface area contributed by atoms with Gasteiger partial charge in [-0.15, -0.1) is 0 Å². The monoisotopic (exact) mass is 435 g/mol. The van der Waals surface area contributed by atoms with Gasteiger partial charge in [0.2, 0.25) is 0 Å². The molecule has 1 unspecified atom stereocenters. The number of rotatable bonds is 9. The van der Waals surface area contributed by atoms with Crippen LogP contribution in [-0.4, -0.2) is 18.5 Å². The lowest BCUT2D eigenvalue weighted by Crippen LogP contribution is -2.18. The van der Waals surface area contributed by atoms with E-state index in [0.717, 1.165) is 36.0 Å². The zero-order valence-corrected chi connectivity index (χ0v) is 19.9. The van der Waals surface area contributed by atoms with Crippen molar-refractivity contribution in [2.45, 2.75) is 77.9 Å². The van der Waals surface area contributed by atoms with Gasteiger partial charge in [-0.3, -0.25) is 5.41 Å². The first-order chi connectivity index (χ1) is 15.6. The Kier molecular flexibility index (Phi) is 11.8. The predicted octanol–water partition coefficient (Wildman–Crippen LogP) is 6.57. The van der Waals surface area contributed by atoms with E-state index in [1.54, 1.807) is 0 Å². The largest absolute Gasteiger partial charge is 0.384 e. The zero-order chi connectivity index (χ0) is 23.2. The van der Waals surface area contributed by atoms with E-state index in [0.29, 0.717) is 19.3 Å². The topological polar surface area (TPSA) is 85.1 Å². The van der Waals surface area contributed by atoms with Crippen molar-refractivity contribution >= 4 is 5.84 Å². The molecule has 32 heavy (non-hydrogen) atoms. The minimum Gasteiger partial charge on any atom is -0.384 e. The number of amidine groups is 1. The van der Waals surface area contributed by atoms with Crippen molar-refractivity contribution < 1.29 is 4.74 Å². The maximum atomic E-state index is 7.62. The van der Waals surface area contributed by atoms with E-state index in [4.69, 9.17) is 21.6 Å². The Balaban J connectivity index is 0.000000654. The number of unbranched alkanes of at least 4 members (excludes halogenated alkanes) is 2. The number of nitrogens with two attached hydrogens (primary N) is 2. The Morgan fingerprint density at radius 1 is 1.09 bits per heavy atom. The van der Waals surface area contributed by atoms with Gasteiger partial charge in [0.05, 0.1) is 12.7 Å². The Morgan fingerprint density at radius 3 is 2.47 bits per heavy atom. The van der Waals surface area contributed by atoms with E-state index in [-0.39, 0.29) is 5.84 Å². The lowest BCUT2D eigenvalue weighted by molar-refractivity contribution is 0.0274. The molecular formula is C28H41N3O. The summed E-state index contributed by atoms with van der Waals surface area (Å²) in [4.78, 5) is 0. The van der Waals surface area contributed by atoms with Crippen LogP contribution in [0.3, 0.4) is 0 Å². The fraction of sp³-hybridized carbons (Fsp3) is 0.464. The molecule has 5 N–H and O–H groups in total. The van der Waals surface area contributed by atoms with E-state index >= 15 is 0 Å². The summed E-state index contributed by atoms with van der Waals surface area (Å²) in [6, 6.07) is 16.2. The number of hydrogen-bond acceptors (Lipinski definition) is 3. The maximum Gasteiger partial charge on any atom is 0.122 e. The second-order valence-corrected chi connectivity index (χ2v) is 8.52. The van der Waals surface area contributed by atoms with Crippen molar-refractivity contribution in [1.29, 1.82) is 5.41 Å². The molecule has 0 bridgehead atoms. The normalized spacial score (nSPS) is 17.0. The second kappa shape index (κ2) is 14.6. The Labute approximate surface area is 194 Å². The van der Waals surface area contributed by atoms with Crippen LogP contribution >= 0.6 is 0 Å². The molecule has 2 aromatic carbocycles. The zero-order valence-electron chi connectivity index (χ0n) is 19.9. The van der Waals surface area contributed by atoms with Gasteiger partial charge < -0.3 is 16.2 Å². The smallest absolute Gasteiger partial charge is 0.122 e. The molecule has 0 radical (unpaired) electrons. The van der Waals surface area contributed by atoms with Crippen LogP contribution in [0.2, 0.25) is 0 Å². The van der Waals surface area contributed by atoms with Crippen LogP contribution in [0.1, 0.15) is 76.3 Å². The van der Waals surface area contributed by atoms with Crippen molar-refractivity contribution in [2.24, 2.45) is 11.5 Å². The van der Waals surface area contributed by atoms with Crippen LogP contribution in [0.25, 0.3) is 11.1 Å². The summed E-state index contributed by atoms with van der Waals surface area (Å²) in [7, 11) is 0. The summed E-state index contributed by atoms with van der Waals surface area (Å²) >= 11 is 0. The summed E-state index contributed by atoms with van der Waals surface area (Å²) in [5.74, 6) is 0.0899. The Morgan fingerprint density at radius 2 is 1.81 bits per heavy atom. The summed E-state index contributed by atoms with van der Waals surface area (Å²) in [5, 5.41) is 7.62. The lowest BCUT2D eigenvalue weighted by Gasteiger charge is -2.25. The third-order valence-corrected chi connectivity index (χ3v) is 5.74. The highest BCUT2D eigenvalue weighted by atomic mass is 16.5. The average Bonchev–Trinajstić information content (AvgIpc) is 2.83. The first kappa shape index (κ1) is 25.8. The van der Waals surface area contributed by atoms with Gasteiger partial charge in [0, 0.05) is 5.56 Å². The van der Waals surface area contributed by atoms with E-state index in [2.05, 4.69) is 44.2 Å². The van der Waals surface area contributed by atoms with E-state index in [1.807, 2.05) is 24.3 Å². The van der Waals surface area contributed by atoms with Gasteiger partial charge in [0.25, 0.3) is 0 Å². The highest BCUT2D eigenvalue weighted by Crippen LogP contribution is 2.27. The molecule has 2 aromatic rings. The number of ether oxygens (including phenoxy) is 1. The quantitative estimate of drug-likeness (QED) is 0.236. The SMILES string of the molecule is CCCCC.N=C(N)c1cccc(-c2cccc(COC3CCCC(=CCCN)C3)c2)c1. The molecule has 1 atom stereocenters. The summed E-state index contributed by atoms with van der Waals surface area (Å²) in [6.45, 7) is 5.76. The van der Waals surface area contributed by atoms with Gasteiger partial charge in [-0.2, -0.15) is 0 Å². The van der Waals surface area contributed by atoms with Crippen LogP contribution < -0.4 is 11.5 Å². The molecule has 1 aliphatic rings. The second-order valence-electron chi connectivity index (χ2n) is 8.52. The Bertz CT molecular complexity index is 857. The summed E-state index contributed by atoms with van der Waals surface area (Å²) in [5.41, 5.74) is 16.8. The molecule has 0 spiro atoms. The first-order valence-electron chi connectivity index (χ1n) is 12.1. The highest BCUT2D eigenvalue weighted by molar-refractivity contribution is 5.96. The van der Waals surface area contributed by atoms with Crippen molar-refractivity contribution in [3.8, 4) is 11.1 Å². The van der Waals surface area contributed by atoms with Gasteiger partial charge in [0.15, 0.2) is 0 Å². The molecule has 0 saturated heterocycles. The number of nitrogen functional groups attached to an aromatic ring is 1.